The van der Waals surface area contributed by atoms with Gasteiger partial charge in [0.15, 0.2) is 0 Å². The molecule has 2 nitrogen and oxygen atoms in total. The molecule has 0 aromatic rings. The van der Waals surface area contributed by atoms with Crippen molar-refractivity contribution >= 4 is 16.8 Å². The first kappa shape index (κ1) is 10.4. The zero-order valence-electron chi connectivity index (χ0n) is 6.55. The minimum atomic E-state index is -0.605. The average molecular weight is 174 g/mol. The molecule has 0 aliphatic carbocycles. The molecule has 11 heavy (non-hydrogen) atoms. The molecule has 0 amide bonds. The Morgan fingerprint density at radius 1 is 1.82 bits per heavy atom. The van der Waals surface area contributed by atoms with Crippen molar-refractivity contribution in [3.63, 3.8) is 0 Å². The van der Waals surface area contributed by atoms with E-state index in [0.717, 1.165) is 0 Å². The highest BCUT2D eigenvalue weighted by Gasteiger charge is 2.06. The van der Waals surface area contributed by atoms with E-state index in [4.69, 9.17) is 11.6 Å². The molecule has 0 aromatic heterocycles. The number of halogens is 1. The van der Waals surface area contributed by atoms with Gasteiger partial charge in [-0.15, -0.1) is 0 Å². The van der Waals surface area contributed by atoms with Crippen LogP contribution in [0.5, 0.6) is 0 Å². The topological polar surface area (TPSA) is 32.6 Å². The summed E-state index contributed by atoms with van der Waals surface area (Å²) in [5.74, 6) is 0. The van der Waals surface area contributed by atoms with Crippen molar-refractivity contribution in [2.45, 2.75) is 19.4 Å². The molecule has 0 aromatic carbocycles. The van der Waals surface area contributed by atoms with Gasteiger partial charge in [0.25, 0.3) is 0 Å². The third-order valence-electron chi connectivity index (χ3n) is 1.16. The number of aliphatic hydroxyl groups is 1. The predicted octanol–water partition coefficient (Wildman–Crippen LogP) is 2.09. The molecule has 62 valence electrons. The van der Waals surface area contributed by atoms with Gasteiger partial charge in [0, 0.05) is 12.6 Å². The van der Waals surface area contributed by atoms with Crippen molar-refractivity contribution in [3.8, 4) is 0 Å². The number of aliphatic imine (C=N–C) groups is 1. The van der Waals surface area contributed by atoms with Crippen molar-refractivity contribution in [2.24, 2.45) is 4.99 Å². The van der Waals surface area contributed by atoms with Crippen LogP contribution in [0.25, 0.3) is 0 Å². The Balaban J connectivity index is 3.94. The van der Waals surface area contributed by atoms with Crippen LogP contribution in [0.3, 0.4) is 0 Å². The summed E-state index contributed by atoms with van der Waals surface area (Å²) in [6, 6.07) is 0. The summed E-state index contributed by atoms with van der Waals surface area (Å²) in [4.78, 5) is 3.69. The monoisotopic (exact) mass is 173 g/mol. The first-order valence-electron chi connectivity index (χ1n) is 3.24. The molecule has 0 bridgehead atoms. The first-order chi connectivity index (χ1) is 5.07. The first-order valence-corrected chi connectivity index (χ1v) is 3.62. The van der Waals surface area contributed by atoms with Gasteiger partial charge in [0.05, 0.1) is 6.10 Å². The van der Waals surface area contributed by atoms with E-state index in [1.807, 2.05) is 0 Å². The lowest BCUT2D eigenvalue weighted by atomic mass is 10.1. The summed E-state index contributed by atoms with van der Waals surface area (Å²) in [7, 11) is 0. The van der Waals surface area contributed by atoms with E-state index in [2.05, 4.69) is 18.2 Å². The second-order valence-electron chi connectivity index (χ2n) is 2.25. The van der Waals surface area contributed by atoms with Gasteiger partial charge >= 0.3 is 0 Å². The maximum absolute atomic E-state index is 9.22. The number of hydrogen-bond donors (Lipinski definition) is 1. The molecule has 0 spiro atoms. The molecule has 1 N–H and O–H groups in total. The average Bonchev–Trinajstić information content (AvgIpc) is 1.87. The van der Waals surface area contributed by atoms with Gasteiger partial charge in [-0.05, 0) is 6.92 Å². The van der Waals surface area contributed by atoms with E-state index >= 15 is 0 Å². The van der Waals surface area contributed by atoms with Gasteiger partial charge in [-0.2, -0.15) is 0 Å². The van der Waals surface area contributed by atoms with Gasteiger partial charge in [0.2, 0.25) is 0 Å². The number of nitrogens with zero attached hydrogens (tertiary/aromatic N) is 1. The summed E-state index contributed by atoms with van der Waals surface area (Å²) in [6.45, 7) is 8.69. The van der Waals surface area contributed by atoms with Crippen LogP contribution in [0.2, 0.25) is 0 Å². The van der Waals surface area contributed by atoms with Gasteiger partial charge in [-0.1, -0.05) is 30.3 Å². The van der Waals surface area contributed by atoms with E-state index in [1.165, 1.54) is 6.20 Å². The Labute approximate surface area is 71.9 Å². The van der Waals surface area contributed by atoms with Gasteiger partial charge in [-0.3, -0.25) is 0 Å². The Kier molecular flexibility index (Phi) is 4.83. The fourth-order valence-electron chi connectivity index (χ4n) is 0.486. The van der Waals surface area contributed by atoms with Crippen molar-refractivity contribution in [1.82, 2.24) is 0 Å². The van der Waals surface area contributed by atoms with Crippen LogP contribution in [0.15, 0.2) is 29.9 Å². The zero-order valence-corrected chi connectivity index (χ0v) is 7.30. The Hall–Kier alpha value is -0.600. The predicted molar refractivity (Wildman–Crippen MR) is 48.9 cm³/mol. The Bertz CT molecular complexity index is 187. The molecule has 0 heterocycles. The van der Waals surface area contributed by atoms with Crippen molar-refractivity contribution in [1.29, 1.82) is 0 Å². The summed E-state index contributed by atoms with van der Waals surface area (Å²) in [6.07, 6.45) is 1.04. The fourth-order valence-corrected chi connectivity index (χ4v) is 0.701. The second-order valence-corrected chi connectivity index (χ2v) is 2.69. The standard InChI is InChI=1S/C8H12ClNO/c1-4-10-8(9)5-7(11)6(2)3/h4,7,11H,1-2,5H2,3H3/b10-8+. The maximum Gasteiger partial charge on any atom is 0.109 e. The molecular formula is C8H12ClNO. The molecule has 0 rings (SSSR count). The van der Waals surface area contributed by atoms with Crippen LogP contribution < -0.4 is 0 Å². The largest absolute Gasteiger partial charge is 0.388 e. The molecule has 1 atom stereocenters. The molecule has 0 saturated heterocycles. The lowest BCUT2D eigenvalue weighted by Gasteiger charge is -2.06. The van der Waals surface area contributed by atoms with Gasteiger partial charge in [-0.25, -0.2) is 4.99 Å². The summed E-state index contributed by atoms with van der Waals surface area (Å²) >= 11 is 5.60. The minimum Gasteiger partial charge on any atom is -0.388 e. The fraction of sp³-hybridized carbons (Fsp3) is 0.375. The Morgan fingerprint density at radius 2 is 2.36 bits per heavy atom. The Morgan fingerprint density at radius 3 is 2.73 bits per heavy atom. The highest BCUT2D eigenvalue weighted by atomic mass is 35.5. The van der Waals surface area contributed by atoms with Crippen LogP contribution in [-0.2, 0) is 0 Å². The zero-order chi connectivity index (χ0) is 8.85. The van der Waals surface area contributed by atoms with Crippen LogP contribution in [0.4, 0.5) is 0 Å². The lowest BCUT2D eigenvalue weighted by Crippen LogP contribution is -2.10. The smallest absolute Gasteiger partial charge is 0.109 e. The molecule has 3 heteroatoms. The van der Waals surface area contributed by atoms with Gasteiger partial charge in [0.1, 0.15) is 5.17 Å². The van der Waals surface area contributed by atoms with E-state index < -0.39 is 6.10 Å². The van der Waals surface area contributed by atoms with E-state index in [1.54, 1.807) is 6.92 Å². The van der Waals surface area contributed by atoms with Crippen molar-refractivity contribution in [2.75, 3.05) is 0 Å². The molecule has 0 aliphatic heterocycles. The minimum absolute atomic E-state index is 0.308. The molecular weight excluding hydrogens is 162 g/mol. The third-order valence-corrected chi connectivity index (χ3v) is 1.41. The van der Waals surface area contributed by atoms with Gasteiger partial charge < -0.3 is 5.11 Å². The van der Waals surface area contributed by atoms with E-state index in [9.17, 15) is 5.11 Å². The second kappa shape index (κ2) is 5.10. The third kappa shape index (κ3) is 4.76. The summed E-state index contributed by atoms with van der Waals surface area (Å²) < 4.78 is 0. The number of hydrogen-bond acceptors (Lipinski definition) is 2. The van der Waals surface area contributed by atoms with Crippen LogP contribution >= 0.6 is 11.6 Å². The normalized spacial score (nSPS) is 14.3. The quantitative estimate of drug-likeness (QED) is 0.513. The van der Waals surface area contributed by atoms with E-state index in [0.29, 0.717) is 17.2 Å². The lowest BCUT2D eigenvalue weighted by molar-refractivity contribution is 0.220. The van der Waals surface area contributed by atoms with E-state index in [-0.39, 0.29) is 0 Å². The SMILES string of the molecule is C=C/N=C(/Cl)CC(O)C(=C)C. The molecule has 0 aliphatic rings. The molecule has 0 radical (unpaired) electrons. The van der Waals surface area contributed by atoms with Crippen LogP contribution in [-0.4, -0.2) is 16.4 Å². The molecule has 0 saturated carbocycles. The van der Waals surface area contributed by atoms with Crippen molar-refractivity contribution < 1.29 is 5.11 Å². The van der Waals surface area contributed by atoms with Crippen molar-refractivity contribution in [3.05, 3.63) is 24.9 Å². The van der Waals surface area contributed by atoms with Crippen LogP contribution in [0, 0.1) is 0 Å². The number of rotatable bonds is 4. The molecule has 0 fully saturated rings. The highest BCUT2D eigenvalue weighted by Crippen LogP contribution is 2.06. The molecule has 1 unspecified atom stereocenters. The summed E-state index contributed by atoms with van der Waals surface area (Å²) in [5, 5.41) is 9.57. The van der Waals surface area contributed by atoms with Crippen LogP contribution in [0.1, 0.15) is 13.3 Å². The maximum atomic E-state index is 9.22. The highest BCUT2D eigenvalue weighted by molar-refractivity contribution is 6.65. The number of aliphatic hydroxyl groups excluding tert-OH is 1. The summed E-state index contributed by atoms with van der Waals surface area (Å²) in [5.41, 5.74) is 0.683.